The van der Waals surface area contributed by atoms with Crippen LogP contribution < -0.4 is 0 Å². The highest BCUT2D eigenvalue weighted by atomic mass is 79.9. The van der Waals surface area contributed by atoms with Gasteiger partial charge in [0.05, 0.1) is 16.2 Å². The Balaban J connectivity index is 3.05. The molecule has 0 radical (unpaired) electrons. The molecule has 1 aromatic rings. The molecule has 0 aliphatic rings. The standard InChI is InChI=1S/C11H15BrO3S/c1-8(2)16(14,15)10-5-3-9(4-6-10)11(13)7-12/h3-6,8,11,13H,7H2,1-2H3. The number of sulfone groups is 1. The normalized spacial score (nSPS) is 14.1. The molecule has 0 fully saturated rings. The molecule has 1 unspecified atom stereocenters. The largest absolute Gasteiger partial charge is 0.388 e. The van der Waals surface area contributed by atoms with E-state index in [0.29, 0.717) is 15.8 Å². The first-order chi connectivity index (χ1) is 7.39. The molecular formula is C11H15BrO3S. The quantitative estimate of drug-likeness (QED) is 0.868. The summed E-state index contributed by atoms with van der Waals surface area (Å²) in [4.78, 5) is 0.299. The monoisotopic (exact) mass is 306 g/mol. The molecule has 0 saturated carbocycles. The van der Waals surface area contributed by atoms with Gasteiger partial charge in [0.1, 0.15) is 0 Å². The van der Waals surface area contributed by atoms with Gasteiger partial charge >= 0.3 is 0 Å². The summed E-state index contributed by atoms with van der Waals surface area (Å²) in [6, 6.07) is 6.36. The minimum Gasteiger partial charge on any atom is -0.388 e. The highest BCUT2D eigenvalue weighted by molar-refractivity contribution is 9.09. The Morgan fingerprint density at radius 1 is 1.25 bits per heavy atom. The Morgan fingerprint density at radius 3 is 2.12 bits per heavy atom. The molecule has 5 heteroatoms. The Kier molecular flexibility index (Phi) is 4.52. The number of aliphatic hydroxyl groups excluding tert-OH is 1. The van der Waals surface area contributed by atoms with Gasteiger partial charge in [-0.15, -0.1) is 0 Å². The van der Waals surface area contributed by atoms with Gasteiger partial charge in [0.2, 0.25) is 0 Å². The lowest BCUT2D eigenvalue weighted by atomic mass is 10.1. The first kappa shape index (κ1) is 13.7. The number of rotatable bonds is 4. The fourth-order valence-electron chi connectivity index (χ4n) is 1.24. The van der Waals surface area contributed by atoms with Crippen molar-refractivity contribution in [3.05, 3.63) is 29.8 Å². The van der Waals surface area contributed by atoms with Crippen molar-refractivity contribution in [2.24, 2.45) is 0 Å². The van der Waals surface area contributed by atoms with E-state index in [4.69, 9.17) is 0 Å². The lowest BCUT2D eigenvalue weighted by molar-refractivity contribution is 0.205. The van der Waals surface area contributed by atoms with Crippen molar-refractivity contribution < 1.29 is 13.5 Å². The second-order valence-electron chi connectivity index (χ2n) is 3.83. The lowest BCUT2D eigenvalue weighted by Crippen LogP contribution is -2.14. The molecule has 0 saturated heterocycles. The average Bonchev–Trinajstić information content (AvgIpc) is 2.28. The molecule has 1 atom stereocenters. The summed E-state index contributed by atoms with van der Waals surface area (Å²) >= 11 is 3.16. The van der Waals surface area contributed by atoms with Crippen LogP contribution in [0.2, 0.25) is 0 Å². The van der Waals surface area contributed by atoms with Crippen molar-refractivity contribution in [2.75, 3.05) is 5.33 Å². The van der Waals surface area contributed by atoms with Crippen LogP contribution >= 0.6 is 15.9 Å². The van der Waals surface area contributed by atoms with E-state index < -0.39 is 21.2 Å². The molecule has 0 aliphatic heterocycles. The molecule has 1 N–H and O–H groups in total. The van der Waals surface area contributed by atoms with E-state index in [9.17, 15) is 13.5 Å². The second kappa shape index (κ2) is 5.29. The summed E-state index contributed by atoms with van der Waals surface area (Å²) in [5.74, 6) is 0. The molecule has 0 spiro atoms. The predicted octanol–water partition coefficient (Wildman–Crippen LogP) is 2.30. The molecule has 3 nitrogen and oxygen atoms in total. The van der Waals surface area contributed by atoms with Crippen molar-refractivity contribution >= 4 is 25.8 Å². The van der Waals surface area contributed by atoms with Gasteiger partial charge < -0.3 is 5.11 Å². The maximum atomic E-state index is 11.8. The Bertz CT molecular complexity index is 437. The maximum absolute atomic E-state index is 11.8. The number of hydrogen-bond acceptors (Lipinski definition) is 3. The van der Waals surface area contributed by atoms with Crippen LogP contribution in [0, 0.1) is 0 Å². The van der Waals surface area contributed by atoms with Crippen LogP contribution in [-0.2, 0) is 9.84 Å². The van der Waals surface area contributed by atoms with Crippen molar-refractivity contribution in [3.63, 3.8) is 0 Å². The first-order valence-corrected chi connectivity index (χ1v) is 7.64. The highest BCUT2D eigenvalue weighted by Crippen LogP contribution is 2.20. The number of benzene rings is 1. The van der Waals surface area contributed by atoms with Crippen molar-refractivity contribution in [2.45, 2.75) is 30.1 Å². The molecule has 0 aromatic heterocycles. The molecule has 90 valence electrons. The summed E-state index contributed by atoms with van der Waals surface area (Å²) in [6.45, 7) is 3.30. The summed E-state index contributed by atoms with van der Waals surface area (Å²) in [5, 5.41) is 9.54. The highest BCUT2D eigenvalue weighted by Gasteiger charge is 2.19. The summed E-state index contributed by atoms with van der Waals surface area (Å²) < 4.78 is 23.6. The fourth-order valence-corrected chi connectivity index (χ4v) is 2.67. The minimum absolute atomic E-state index is 0.299. The van der Waals surface area contributed by atoms with Gasteiger partial charge in [0.15, 0.2) is 9.84 Å². The molecule has 1 rings (SSSR count). The molecule has 0 amide bonds. The van der Waals surface area contributed by atoms with Gasteiger partial charge in [-0.05, 0) is 31.5 Å². The van der Waals surface area contributed by atoms with Crippen LogP contribution in [0.4, 0.5) is 0 Å². The zero-order valence-electron chi connectivity index (χ0n) is 9.22. The first-order valence-electron chi connectivity index (χ1n) is 4.97. The van der Waals surface area contributed by atoms with Crippen LogP contribution in [0.3, 0.4) is 0 Å². The van der Waals surface area contributed by atoms with Crippen LogP contribution in [0.25, 0.3) is 0 Å². The van der Waals surface area contributed by atoms with Crippen LogP contribution in [-0.4, -0.2) is 24.1 Å². The topological polar surface area (TPSA) is 54.4 Å². The predicted molar refractivity (Wildman–Crippen MR) is 67.5 cm³/mol. The van der Waals surface area contributed by atoms with E-state index in [1.54, 1.807) is 26.0 Å². The fraction of sp³-hybridized carbons (Fsp3) is 0.455. The van der Waals surface area contributed by atoms with E-state index in [0.717, 1.165) is 0 Å². The smallest absolute Gasteiger partial charge is 0.180 e. The zero-order valence-corrected chi connectivity index (χ0v) is 11.6. The second-order valence-corrected chi connectivity index (χ2v) is 6.98. The molecule has 16 heavy (non-hydrogen) atoms. The molecule has 0 aliphatic carbocycles. The van der Waals surface area contributed by atoms with E-state index in [2.05, 4.69) is 15.9 Å². The van der Waals surface area contributed by atoms with Crippen molar-refractivity contribution in [1.29, 1.82) is 0 Å². The van der Waals surface area contributed by atoms with Gasteiger partial charge in [0.25, 0.3) is 0 Å². The molecule has 0 bridgehead atoms. The number of aliphatic hydroxyl groups is 1. The number of hydrogen-bond donors (Lipinski definition) is 1. The Hall–Kier alpha value is -0.390. The van der Waals surface area contributed by atoms with Gasteiger partial charge in [-0.25, -0.2) is 8.42 Å². The zero-order chi connectivity index (χ0) is 12.3. The third-order valence-electron chi connectivity index (χ3n) is 2.36. The van der Waals surface area contributed by atoms with E-state index in [1.165, 1.54) is 12.1 Å². The van der Waals surface area contributed by atoms with E-state index in [1.807, 2.05) is 0 Å². The molecule has 1 aromatic carbocycles. The lowest BCUT2D eigenvalue weighted by Gasteiger charge is -2.10. The van der Waals surface area contributed by atoms with Gasteiger partial charge in [0, 0.05) is 5.33 Å². The third-order valence-corrected chi connectivity index (χ3v) is 5.14. The summed E-state index contributed by atoms with van der Waals surface area (Å²) in [5.41, 5.74) is 0.708. The van der Waals surface area contributed by atoms with E-state index >= 15 is 0 Å². The van der Waals surface area contributed by atoms with Gasteiger partial charge in [-0.3, -0.25) is 0 Å². The van der Waals surface area contributed by atoms with Crippen LogP contribution in [0.5, 0.6) is 0 Å². The molecular weight excluding hydrogens is 292 g/mol. The minimum atomic E-state index is -3.22. The summed E-state index contributed by atoms with van der Waals surface area (Å²) in [6.07, 6.45) is -0.601. The van der Waals surface area contributed by atoms with Gasteiger partial charge in [-0.2, -0.15) is 0 Å². The Morgan fingerprint density at radius 2 is 1.75 bits per heavy atom. The number of halogens is 1. The maximum Gasteiger partial charge on any atom is 0.180 e. The number of alkyl halides is 1. The van der Waals surface area contributed by atoms with E-state index in [-0.39, 0.29) is 0 Å². The van der Waals surface area contributed by atoms with Crippen LogP contribution in [0.15, 0.2) is 29.2 Å². The van der Waals surface area contributed by atoms with Gasteiger partial charge in [-0.1, -0.05) is 28.1 Å². The van der Waals surface area contributed by atoms with Crippen molar-refractivity contribution in [1.82, 2.24) is 0 Å². The Labute approximate surface area is 105 Å². The summed E-state index contributed by atoms with van der Waals surface area (Å²) in [7, 11) is -3.22. The van der Waals surface area contributed by atoms with Crippen molar-refractivity contribution in [3.8, 4) is 0 Å². The SMILES string of the molecule is CC(C)S(=O)(=O)c1ccc(C(O)CBr)cc1. The third kappa shape index (κ3) is 2.84. The average molecular weight is 307 g/mol. The molecule has 0 heterocycles. The van der Waals surface area contributed by atoms with Crippen LogP contribution in [0.1, 0.15) is 25.5 Å².